The van der Waals surface area contributed by atoms with Crippen LogP contribution < -0.4 is 5.32 Å². The predicted molar refractivity (Wildman–Crippen MR) is 78.9 cm³/mol. The number of hydrogen-bond acceptors (Lipinski definition) is 1. The molecule has 4 saturated carbocycles. The largest absolute Gasteiger partial charge is 0.307 e. The van der Waals surface area contributed by atoms with E-state index in [9.17, 15) is 4.39 Å². The van der Waals surface area contributed by atoms with Crippen molar-refractivity contribution in [1.29, 1.82) is 0 Å². The van der Waals surface area contributed by atoms with E-state index in [1.165, 1.54) is 44.1 Å². The van der Waals surface area contributed by atoms with E-state index < -0.39 is 0 Å². The van der Waals surface area contributed by atoms with Crippen LogP contribution in [0, 0.1) is 30.5 Å². The van der Waals surface area contributed by atoms with Crippen LogP contribution in [0.15, 0.2) is 18.2 Å². The van der Waals surface area contributed by atoms with Crippen LogP contribution in [0.2, 0.25) is 0 Å². The lowest BCUT2D eigenvalue weighted by atomic mass is 9.53. The summed E-state index contributed by atoms with van der Waals surface area (Å²) in [6.45, 7) is 2.91. The standard InChI is InChI=1S/C18H24FN/c1-12-4-17(19)3-2-16(12)11-20-18-8-13-5-14(9-18)7-15(6-13)10-18/h2-4,13-15,20H,5-11H2,1H3. The van der Waals surface area contributed by atoms with Gasteiger partial charge in [0.05, 0.1) is 0 Å². The summed E-state index contributed by atoms with van der Waals surface area (Å²) in [5.74, 6) is 2.80. The molecule has 4 fully saturated rings. The summed E-state index contributed by atoms with van der Waals surface area (Å²) in [5, 5.41) is 3.88. The third kappa shape index (κ3) is 2.18. The molecular formula is C18H24FN. The van der Waals surface area contributed by atoms with Gasteiger partial charge in [-0.1, -0.05) is 6.07 Å². The molecule has 1 aromatic rings. The molecule has 2 heteroatoms. The first-order valence-electron chi connectivity index (χ1n) is 8.12. The molecule has 1 nitrogen and oxygen atoms in total. The first kappa shape index (κ1) is 12.8. The van der Waals surface area contributed by atoms with Gasteiger partial charge in [0.1, 0.15) is 5.82 Å². The van der Waals surface area contributed by atoms with Crippen LogP contribution in [-0.2, 0) is 6.54 Å². The molecule has 1 aromatic carbocycles. The van der Waals surface area contributed by atoms with Crippen molar-refractivity contribution in [1.82, 2.24) is 5.32 Å². The average molecular weight is 273 g/mol. The maximum Gasteiger partial charge on any atom is 0.123 e. The summed E-state index contributed by atoms with van der Waals surface area (Å²) >= 11 is 0. The van der Waals surface area contributed by atoms with Gasteiger partial charge in [-0.15, -0.1) is 0 Å². The highest BCUT2D eigenvalue weighted by atomic mass is 19.1. The Morgan fingerprint density at radius 3 is 2.25 bits per heavy atom. The first-order valence-corrected chi connectivity index (χ1v) is 8.12. The van der Waals surface area contributed by atoms with Crippen molar-refractivity contribution in [3.05, 3.63) is 35.1 Å². The van der Waals surface area contributed by atoms with Gasteiger partial charge >= 0.3 is 0 Å². The molecule has 0 unspecified atom stereocenters. The molecule has 0 aliphatic heterocycles. The summed E-state index contributed by atoms with van der Waals surface area (Å²) in [6, 6.07) is 5.18. The van der Waals surface area contributed by atoms with E-state index in [0.717, 1.165) is 29.9 Å². The molecule has 1 N–H and O–H groups in total. The number of aryl methyl sites for hydroxylation is 1. The molecule has 0 radical (unpaired) electrons. The Bertz CT molecular complexity index is 487. The van der Waals surface area contributed by atoms with E-state index in [-0.39, 0.29) is 5.82 Å². The molecule has 0 amide bonds. The van der Waals surface area contributed by atoms with Crippen LogP contribution in [-0.4, -0.2) is 5.54 Å². The zero-order valence-electron chi connectivity index (χ0n) is 12.3. The highest BCUT2D eigenvalue weighted by Gasteiger charge is 2.50. The SMILES string of the molecule is Cc1cc(F)ccc1CNC12CC3CC(CC(C3)C1)C2. The van der Waals surface area contributed by atoms with Gasteiger partial charge in [0.15, 0.2) is 0 Å². The zero-order valence-corrected chi connectivity index (χ0v) is 12.3. The maximum absolute atomic E-state index is 13.2. The molecule has 108 valence electrons. The van der Waals surface area contributed by atoms with Crippen molar-refractivity contribution in [2.45, 2.75) is 57.5 Å². The normalized spacial score (nSPS) is 38.4. The van der Waals surface area contributed by atoms with Gasteiger partial charge in [-0.2, -0.15) is 0 Å². The van der Waals surface area contributed by atoms with Crippen LogP contribution in [0.25, 0.3) is 0 Å². The van der Waals surface area contributed by atoms with E-state index >= 15 is 0 Å². The molecule has 0 saturated heterocycles. The van der Waals surface area contributed by atoms with Gasteiger partial charge in [0.25, 0.3) is 0 Å². The average Bonchev–Trinajstić information content (AvgIpc) is 2.36. The lowest BCUT2D eigenvalue weighted by Crippen LogP contribution is -2.58. The molecule has 20 heavy (non-hydrogen) atoms. The second-order valence-electron chi connectivity index (χ2n) is 7.62. The Morgan fingerprint density at radius 1 is 1.10 bits per heavy atom. The summed E-state index contributed by atoms with van der Waals surface area (Å²) in [4.78, 5) is 0. The highest BCUT2D eigenvalue weighted by molar-refractivity contribution is 5.26. The van der Waals surface area contributed by atoms with Crippen molar-refractivity contribution < 1.29 is 4.39 Å². The summed E-state index contributed by atoms with van der Waals surface area (Å²) < 4.78 is 13.2. The Morgan fingerprint density at radius 2 is 1.70 bits per heavy atom. The van der Waals surface area contributed by atoms with E-state index in [1.807, 2.05) is 13.0 Å². The molecule has 0 atom stereocenters. The lowest BCUT2D eigenvalue weighted by molar-refractivity contribution is -0.0206. The predicted octanol–water partition coefficient (Wildman–Crippen LogP) is 4.19. The quantitative estimate of drug-likeness (QED) is 0.870. The molecule has 4 aliphatic rings. The maximum atomic E-state index is 13.2. The van der Waals surface area contributed by atoms with Gasteiger partial charge < -0.3 is 5.32 Å². The van der Waals surface area contributed by atoms with Gasteiger partial charge in [-0.05, 0) is 86.5 Å². The van der Waals surface area contributed by atoms with Gasteiger partial charge in [-0.25, -0.2) is 4.39 Å². The van der Waals surface area contributed by atoms with Gasteiger partial charge in [0, 0.05) is 12.1 Å². The van der Waals surface area contributed by atoms with Crippen molar-refractivity contribution >= 4 is 0 Å². The second-order valence-corrected chi connectivity index (χ2v) is 7.62. The Balaban J connectivity index is 1.49. The first-order chi connectivity index (χ1) is 9.62. The lowest BCUT2D eigenvalue weighted by Gasteiger charge is -2.57. The van der Waals surface area contributed by atoms with E-state index in [2.05, 4.69) is 5.32 Å². The van der Waals surface area contributed by atoms with Crippen molar-refractivity contribution in [3.63, 3.8) is 0 Å². The fraction of sp³-hybridized carbons (Fsp3) is 0.667. The molecule has 0 spiro atoms. The van der Waals surface area contributed by atoms with Crippen LogP contribution in [0.3, 0.4) is 0 Å². The molecule has 4 bridgehead atoms. The number of halogens is 1. The highest BCUT2D eigenvalue weighted by Crippen LogP contribution is 2.55. The summed E-state index contributed by atoms with van der Waals surface area (Å²) in [5.41, 5.74) is 2.72. The van der Waals surface area contributed by atoms with E-state index in [0.29, 0.717) is 5.54 Å². The molecule has 0 heterocycles. The second kappa shape index (κ2) is 4.56. The third-order valence-corrected chi connectivity index (χ3v) is 6.00. The fourth-order valence-electron chi connectivity index (χ4n) is 5.47. The van der Waals surface area contributed by atoms with E-state index in [4.69, 9.17) is 0 Å². The van der Waals surface area contributed by atoms with E-state index in [1.54, 1.807) is 12.1 Å². The number of rotatable bonds is 3. The van der Waals surface area contributed by atoms with Crippen molar-refractivity contribution in [3.8, 4) is 0 Å². The molecule has 4 aliphatic carbocycles. The molecule has 5 rings (SSSR count). The number of hydrogen-bond donors (Lipinski definition) is 1. The molecule has 0 aromatic heterocycles. The number of benzene rings is 1. The minimum absolute atomic E-state index is 0.124. The fourth-order valence-corrected chi connectivity index (χ4v) is 5.47. The Hall–Kier alpha value is -0.890. The number of nitrogens with one attached hydrogen (secondary N) is 1. The van der Waals surface area contributed by atoms with Crippen LogP contribution >= 0.6 is 0 Å². The molecular weight excluding hydrogens is 249 g/mol. The van der Waals surface area contributed by atoms with Crippen LogP contribution in [0.1, 0.15) is 49.7 Å². The van der Waals surface area contributed by atoms with Crippen LogP contribution in [0.5, 0.6) is 0 Å². The van der Waals surface area contributed by atoms with Crippen molar-refractivity contribution in [2.24, 2.45) is 17.8 Å². The van der Waals surface area contributed by atoms with Crippen molar-refractivity contribution in [2.75, 3.05) is 0 Å². The summed E-state index contributed by atoms with van der Waals surface area (Å²) in [7, 11) is 0. The zero-order chi connectivity index (χ0) is 13.7. The van der Waals surface area contributed by atoms with Gasteiger partial charge in [0.2, 0.25) is 0 Å². The van der Waals surface area contributed by atoms with Gasteiger partial charge in [-0.3, -0.25) is 0 Å². The minimum Gasteiger partial charge on any atom is -0.307 e. The smallest absolute Gasteiger partial charge is 0.123 e. The topological polar surface area (TPSA) is 12.0 Å². The minimum atomic E-state index is -0.124. The van der Waals surface area contributed by atoms with Crippen LogP contribution in [0.4, 0.5) is 4.39 Å². The Kier molecular flexibility index (Phi) is 2.92. The summed E-state index contributed by atoms with van der Waals surface area (Å²) in [6.07, 6.45) is 8.57. The Labute approximate surface area is 121 Å². The third-order valence-electron chi connectivity index (χ3n) is 6.00. The monoisotopic (exact) mass is 273 g/mol.